The number of fused-ring (bicyclic) bond motifs is 3. The Labute approximate surface area is 108 Å². The summed E-state index contributed by atoms with van der Waals surface area (Å²) in [4.78, 5) is 6.07. The molecule has 0 amide bonds. The Balaban J connectivity index is 1.99. The van der Waals surface area contributed by atoms with Gasteiger partial charge in [-0.05, 0) is 6.07 Å². The molecule has 3 rings (SSSR count). The molecule has 0 saturated carbocycles. The number of halogens is 3. The lowest BCUT2D eigenvalue weighted by atomic mass is 10.1. The molecular weight excluding hydrogens is 259 g/mol. The van der Waals surface area contributed by atoms with Gasteiger partial charge in [-0.15, -0.1) is 0 Å². The average molecular weight is 273 g/mol. The highest BCUT2D eigenvalue weighted by atomic mass is 19.4. The zero-order valence-corrected chi connectivity index (χ0v) is 10.2. The third-order valence-corrected chi connectivity index (χ3v) is 3.46. The van der Waals surface area contributed by atoms with Crippen molar-refractivity contribution in [1.82, 2.24) is 10.3 Å². The Morgan fingerprint density at radius 1 is 1.42 bits per heavy atom. The molecule has 1 fully saturated rings. The molecule has 2 aliphatic rings. The van der Waals surface area contributed by atoms with Crippen LogP contribution in [0.15, 0.2) is 12.3 Å². The molecule has 4 nitrogen and oxygen atoms in total. The van der Waals surface area contributed by atoms with Crippen molar-refractivity contribution in [2.24, 2.45) is 0 Å². The van der Waals surface area contributed by atoms with Crippen molar-refractivity contribution in [3.63, 3.8) is 0 Å². The third-order valence-electron chi connectivity index (χ3n) is 3.46. The first kappa shape index (κ1) is 12.7. The number of piperazine rings is 1. The fraction of sp³-hybridized carbons (Fsp3) is 0.583. The second-order valence-electron chi connectivity index (χ2n) is 4.77. The Hall–Kier alpha value is -1.34. The summed E-state index contributed by atoms with van der Waals surface area (Å²) in [6.07, 6.45) is -3.46. The summed E-state index contributed by atoms with van der Waals surface area (Å²) in [7, 11) is 0. The van der Waals surface area contributed by atoms with Crippen LogP contribution >= 0.6 is 0 Å². The number of nitrogens with zero attached hydrogens (tertiary/aromatic N) is 2. The smallest absolute Gasteiger partial charge is 0.374 e. The fourth-order valence-corrected chi connectivity index (χ4v) is 2.52. The van der Waals surface area contributed by atoms with Gasteiger partial charge < -0.3 is 15.0 Å². The lowest BCUT2D eigenvalue weighted by molar-refractivity contribution is -0.137. The van der Waals surface area contributed by atoms with E-state index in [0.29, 0.717) is 18.0 Å². The van der Waals surface area contributed by atoms with Crippen LogP contribution in [0.5, 0.6) is 0 Å². The van der Waals surface area contributed by atoms with Crippen molar-refractivity contribution < 1.29 is 17.9 Å². The van der Waals surface area contributed by atoms with E-state index in [2.05, 4.69) is 10.3 Å². The molecule has 19 heavy (non-hydrogen) atoms. The molecule has 1 saturated heterocycles. The molecule has 0 bridgehead atoms. The van der Waals surface area contributed by atoms with Gasteiger partial charge in [-0.2, -0.15) is 13.2 Å². The van der Waals surface area contributed by atoms with Crippen molar-refractivity contribution in [2.75, 3.05) is 31.1 Å². The van der Waals surface area contributed by atoms with Gasteiger partial charge in [0.15, 0.2) is 0 Å². The summed E-state index contributed by atoms with van der Waals surface area (Å²) >= 11 is 0. The monoisotopic (exact) mass is 273 g/mol. The SMILES string of the molecule is FC(F)(F)c1cnc2c(c1)COC[C@@H]1CNCCN21. The summed E-state index contributed by atoms with van der Waals surface area (Å²) in [5.74, 6) is 0.622. The number of alkyl halides is 3. The van der Waals surface area contributed by atoms with Gasteiger partial charge in [0.25, 0.3) is 0 Å². The molecule has 1 aromatic rings. The number of rotatable bonds is 0. The first-order valence-electron chi connectivity index (χ1n) is 6.17. The van der Waals surface area contributed by atoms with Crippen LogP contribution in [-0.4, -0.2) is 37.3 Å². The van der Waals surface area contributed by atoms with Crippen LogP contribution in [0.1, 0.15) is 11.1 Å². The second kappa shape index (κ2) is 4.64. The Kier molecular flexibility index (Phi) is 3.10. The number of anilines is 1. The second-order valence-corrected chi connectivity index (χ2v) is 4.77. The number of pyridine rings is 1. The van der Waals surface area contributed by atoms with Crippen molar-refractivity contribution in [3.8, 4) is 0 Å². The van der Waals surface area contributed by atoms with Gasteiger partial charge in [0, 0.05) is 31.4 Å². The van der Waals surface area contributed by atoms with Gasteiger partial charge in [-0.3, -0.25) is 0 Å². The summed E-state index contributed by atoms with van der Waals surface area (Å²) in [5.41, 5.74) is -0.206. The lowest BCUT2D eigenvalue weighted by Crippen LogP contribution is -2.53. The first-order chi connectivity index (χ1) is 9.05. The topological polar surface area (TPSA) is 37.4 Å². The molecule has 0 unspecified atom stereocenters. The molecule has 0 aromatic carbocycles. The van der Waals surface area contributed by atoms with E-state index in [0.717, 1.165) is 31.9 Å². The van der Waals surface area contributed by atoms with Crippen LogP contribution < -0.4 is 10.2 Å². The molecule has 3 heterocycles. The molecular formula is C12H14F3N3O. The summed E-state index contributed by atoms with van der Waals surface area (Å²) in [5, 5.41) is 3.25. The number of hydrogen-bond donors (Lipinski definition) is 1. The van der Waals surface area contributed by atoms with Gasteiger partial charge in [0.1, 0.15) is 5.82 Å². The van der Waals surface area contributed by atoms with Crippen LogP contribution in [-0.2, 0) is 17.5 Å². The van der Waals surface area contributed by atoms with Crippen molar-refractivity contribution in [1.29, 1.82) is 0 Å². The summed E-state index contributed by atoms with van der Waals surface area (Å²) < 4.78 is 43.5. The third kappa shape index (κ3) is 2.40. The van der Waals surface area contributed by atoms with E-state index in [1.165, 1.54) is 0 Å². The molecule has 104 valence electrons. The number of nitrogens with one attached hydrogen (secondary N) is 1. The minimum Gasteiger partial charge on any atom is -0.374 e. The van der Waals surface area contributed by atoms with E-state index < -0.39 is 11.7 Å². The first-order valence-corrected chi connectivity index (χ1v) is 6.17. The lowest BCUT2D eigenvalue weighted by Gasteiger charge is -2.35. The van der Waals surface area contributed by atoms with Crippen LogP contribution in [0.2, 0.25) is 0 Å². The van der Waals surface area contributed by atoms with Crippen molar-refractivity contribution in [2.45, 2.75) is 18.8 Å². The Morgan fingerprint density at radius 3 is 3.05 bits per heavy atom. The van der Waals surface area contributed by atoms with E-state index in [1.54, 1.807) is 0 Å². The van der Waals surface area contributed by atoms with E-state index in [1.807, 2.05) is 4.90 Å². The standard InChI is InChI=1S/C12H14F3N3O/c13-12(14,15)9-3-8-6-19-7-10-5-16-1-2-18(10)11(8)17-4-9/h3-4,10,16H,1-2,5-7H2/t10-/m0/s1. The van der Waals surface area contributed by atoms with Crippen molar-refractivity contribution in [3.05, 3.63) is 23.4 Å². The maximum Gasteiger partial charge on any atom is 0.417 e. The zero-order valence-electron chi connectivity index (χ0n) is 10.2. The van der Waals surface area contributed by atoms with E-state index in [-0.39, 0.29) is 12.6 Å². The average Bonchev–Trinajstić information content (AvgIpc) is 2.56. The zero-order chi connectivity index (χ0) is 13.5. The van der Waals surface area contributed by atoms with Crippen LogP contribution in [0.3, 0.4) is 0 Å². The van der Waals surface area contributed by atoms with Gasteiger partial charge in [-0.1, -0.05) is 0 Å². The predicted octanol–water partition coefficient (Wildman–Crippen LogP) is 1.41. The van der Waals surface area contributed by atoms with E-state index in [9.17, 15) is 13.2 Å². The van der Waals surface area contributed by atoms with Crippen LogP contribution in [0.4, 0.5) is 19.0 Å². The highest BCUT2D eigenvalue weighted by molar-refractivity contribution is 5.50. The molecule has 0 radical (unpaired) electrons. The van der Waals surface area contributed by atoms with Gasteiger partial charge in [0.2, 0.25) is 0 Å². The largest absolute Gasteiger partial charge is 0.417 e. The Bertz CT molecular complexity index is 478. The normalized spacial score (nSPS) is 23.5. The van der Waals surface area contributed by atoms with E-state index in [4.69, 9.17) is 4.74 Å². The van der Waals surface area contributed by atoms with Gasteiger partial charge in [0.05, 0.1) is 24.8 Å². The molecule has 1 N–H and O–H groups in total. The molecule has 2 aliphatic heterocycles. The summed E-state index contributed by atoms with van der Waals surface area (Å²) in [6, 6.07) is 1.28. The predicted molar refractivity (Wildman–Crippen MR) is 62.9 cm³/mol. The minimum absolute atomic E-state index is 0.138. The van der Waals surface area contributed by atoms with Crippen LogP contribution in [0, 0.1) is 0 Å². The highest BCUT2D eigenvalue weighted by Gasteiger charge is 2.34. The molecule has 0 spiro atoms. The fourth-order valence-electron chi connectivity index (χ4n) is 2.52. The van der Waals surface area contributed by atoms with Crippen LogP contribution in [0.25, 0.3) is 0 Å². The quantitative estimate of drug-likeness (QED) is 0.775. The number of aromatic nitrogens is 1. The number of hydrogen-bond acceptors (Lipinski definition) is 4. The molecule has 0 aliphatic carbocycles. The maximum absolute atomic E-state index is 12.7. The van der Waals surface area contributed by atoms with Crippen molar-refractivity contribution >= 4 is 5.82 Å². The maximum atomic E-state index is 12.7. The molecule has 1 aromatic heterocycles. The Morgan fingerprint density at radius 2 is 2.26 bits per heavy atom. The number of ether oxygens (including phenoxy) is 1. The molecule has 7 heteroatoms. The minimum atomic E-state index is -4.36. The van der Waals surface area contributed by atoms with Gasteiger partial charge in [-0.25, -0.2) is 4.98 Å². The highest BCUT2D eigenvalue weighted by Crippen LogP contribution is 2.33. The molecule has 1 atom stereocenters. The van der Waals surface area contributed by atoms with E-state index >= 15 is 0 Å². The summed E-state index contributed by atoms with van der Waals surface area (Å²) in [6.45, 7) is 2.99. The van der Waals surface area contributed by atoms with Gasteiger partial charge >= 0.3 is 6.18 Å².